The van der Waals surface area contributed by atoms with Gasteiger partial charge in [-0.1, -0.05) is 18.2 Å². The van der Waals surface area contributed by atoms with Crippen molar-refractivity contribution in [2.45, 2.75) is 26.3 Å². The number of rotatable bonds is 4. The minimum absolute atomic E-state index is 0.218. The second kappa shape index (κ2) is 6.32. The van der Waals surface area contributed by atoms with Gasteiger partial charge in [-0.15, -0.1) is 0 Å². The first-order valence-electron chi connectivity index (χ1n) is 6.66. The number of carbonyl (C=O) groups excluding carboxylic acids is 1. The number of pyridine rings is 1. The number of aliphatic carboxylic acids is 1. The molecule has 0 unspecified atom stereocenters. The molecule has 0 radical (unpaired) electrons. The molecule has 1 aliphatic carbocycles. The number of hydrogen-bond acceptors (Lipinski definition) is 3. The maximum absolute atomic E-state index is 12.1. The number of nitrogens with one attached hydrogen (secondary N) is 1. The summed E-state index contributed by atoms with van der Waals surface area (Å²) in [6.07, 6.45) is 4.58. The molecular formula is C15H18N2O3. The first-order chi connectivity index (χ1) is 9.58. The molecule has 0 bridgehead atoms. The third-order valence-corrected chi connectivity index (χ3v) is 3.48. The van der Waals surface area contributed by atoms with Crippen molar-refractivity contribution < 1.29 is 14.7 Å². The van der Waals surface area contributed by atoms with Gasteiger partial charge in [0, 0.05) is 5.69 Å². The second-order valence-electron chi connectivity index (χ2n) is 4.98. The van der Waals surface area contributed by atoms with E-state index in [4.69, 9.17) is 5.11 Å². The Hall–Kier alpha value is -2.17. The first kappa shape index (κ1) is 14.2. The predicted molar refractivity (Wildman–Crippen MR) is 73.8 cm³/mol. The summed E-state index contributed by atoms with van der Waals surface area (Å²) in [4.78, 5) is 27.6. The van der Waals surface area contributed by atoms with Crippen molar-refractivity contribution in [2.24, 2.45) is 11.8 Å². The van der Waals surface area contributed by atoms with Crippen LogP contribution in [0.2, 0.25) is 0 Å². The van der Waals surface area contributed by atoms with E-state index >= 15 is 0 Å². The van der Waals surface area contributed by atoms with Crippen LogP contribution in [0.25, 0.3) is 0 Å². The zero-order valence-corrected chi connectivity index (χ0v) is 11.4. The van der Waals surface area contributed by atoms with E-state index < -0.39 is 17.8 Å². The highest BCUT2D eigenvalue weighted by Gasteiger charge is 2.33. The number of nitrogens with zero attached hydrogens (tertiary/aromatic N) is 1. The SMILES string of the molecule is Cc1cccc(CNC(=O)[C@@H]2CC=CC[C@@H]2C(=O)O)n1. The van der Waals surface area contributed by atoms with Crippen LogP contribution in [0.1, 0.15) is 24.2 Å². The standard InChI is InChI=1S/C15H18N2O3/c1-10-5-4-6-11(17-10)9-16-14(18)12-7-2-3-8-13(12)15(19)20/h2-6,12-13H,7-9H2,1H3,(H,16,18)(H,19,20)/t12-,13+/m1/s1. The van der Waals surface area contributed by atoms with Gasteiger partial charge >= 0.3 is 5.97 Å². The third kappa shape index (κ3) is 3.44. The summed E-state index contributed by atoms with van der Waals surface area (Å²) >= 11 is 0. The van der Waals surface area contributed by atoms with Crippen LogP contribution in [0, 0.1) is 18.8 Å². The van der Waals surface area contributed by atoms with Crippen LogP contribution in [-0.2, 0) is 16.1 Å². The second-order valence-corrected chi connectivity index (χ2v) is 4.98. The predicted octanol–water partition coefficient (Wildman–Crippen LogP) is 1.67. The highest BCUT2D eigenvalue weighted by molar-refractivity contribution is 5.85. The molecule has 1 amide bonds. The molecule has 0 spiro atoms. The third-order valence-electron chi connectivity index (χ3n) is 3.48. The van der Waals surface area contributed by atoms with Crippen molar-refractivity contribution in [2.75, 3.05) is 0 Å². The summed E-state index contributed by atoms with van der Waals surface area (Å²) in [6.45, 7) is 2.21. The molecule has 1 aliphatic rings. The van der Waals surface area contributed by atoms with Crippen molar-refractivity contribution in [3.8, 4) is 0 Å². The summed E-state index contributed by atoms with van der Waals surface area (Å²) in [5.41, 5.74) is 1.66. The van der Waals surface area contributed by atoms with E-state index in [0.29, 0.717) is 19.4 Å². The number of aromatic nitrogens is 1. The molecule has 0 saturated heterocycles. The molecule has 2 rings (SSSR count). The Bertz CT molecular complexity index is 540. The molecule has 5 heteroatoms. The Kier molecular flexibility index (Phi) is 4.50. The van der Waals surface area contributed by atoms with E-state index in [0.717, 1.165) is 11.4 Å². The molecule has 0 fully saturated rings. The molecular weight excluding hydrogens is 256 g/mol. The van der Waals surface area contributed by atoms with Crippen molar-refractivity contribution in [1.82, 2.24) is 10.3 Å². The smallest absolute Gasteiger partial charge is 0.307 e. The molecule has 1 aromatic heterocycles. The van der Waals surface area contributed by atoms with Crippen LogP contribution in [-0.4, -0.2) is 22.0 Å². The average Bonchev–Trinajstić information content (AvgIpc) is 2.45. The highest BCUT2D eigenvalue weighted by atomic mass is 16.4. The maximum Gasteiger partial charge on any atom is 0.307 e. The van der Waals surface area contributed by atoms with Crippen LogP contribution >= 0.6 is 0 Å². The topological polar surface area (TPSA) is 79.3 Å². The lowest BCUT2D eigenvalue weighted by molar-refractivity contribution is -0.147. The molecule has 0 aromatic carbocycles. The van der Waals surface area contributed by atoms with Crippen LogP contribution in [0.4, 0.5) is 0 Å². The lowest BCUT2D eigenvalue weighted by Gasteiger charge is -2.24. The number of hydrogen-bond donors (Lipinski definition) is 2. The molecule has 106 valence electrons. The Morgan fingerprint density at radius 3 is 2.65 bits per heavy atom. The molecule has 0 saturated carbocycles. The fourth-order valence-corrected chi connectivity index (χ4v) is 2.38. The first-order valence-corrected chi connectivity index (χ1v) is 6.66. The summed E-state index contributed by atoms with van der Waals surface area (Å²) in [5, 5.41) is 11.9. The maximum atomic E-state index is 12.1. The molecule has 20 heavy (non-hydrogen) atoms. The number of allylic oxidation sites excluding steroid dienone is 2. The zero-order valence-electron chi connectivity index (χ0n) is 11.4. The molecule has 0 aliphatic heterocycles. The number of carbonyl (C=O) groups is 2. The van der Waals surface area contributed by atoms with Gasteiger partial charge in [0.25, 0.3) is 0 Å². The van der Waals surface area contributed by atoms with E-state index in [1.807, 2.05) is 37.3 Å². The molecule has 2 atom stereocenters. The fraction of sp³-hybridized carbons (Fsp3) is 0.400. The van der Waals surface area contributed by atoms with Crippen molar-refractivity contribution in [1.29, 1.82) is 0 Å². The van der Waals surface area contributed by atoms with Gasteiger partial charge in [0.2, 0.25) is 5.91 Å². The Morgan fingerprint density at radius 1 is 1.30 bits per heavy atom. The Morgan fingerprint density at radius 2 is 2.00 bits per heavy atom. The molecule has 5 nitrogen and oxygen atoms in total. The van der Waals surface area contributed by atoms with Crippen LogP contribution in [0.3, 0.4) is 0 Å². The van der Waals surface area contributed by atoms with Crippen LogP contribution in [0.15, 0.2) is 30.4 Å². The Balaban J connectivity index is 1.97. The molecule has 2 N–H and O–H groups in total. The lowest BCUT2D eigenvalue weighted by atomic mass is 9.82. The van der Waals surface area contributed by atoms with Gasteiger partial charge in [-0.05, 0) is 31.9 Å². The number of aryl methyl sites for hydroxylation is 1. The minimum Gasteiger partial charge on any atom is -0.481 e. The molecule has 1 heterocycles. The van der Waals surface area contributed by atoms with Crippen molar-refractivity contribution in [3.05, 3.63) is 41.7 Å². The van der Waals surface area contributed by atoms with Crippen LogP contribution in [0.5, 0.6) is 0 Å². The van der Waals surface area contributed by atoms with Crippen molar-refractivity contribution >= 4 is 11.9 Å². The highest BCUT2D eigenvalue weighted by Crippen LogP contribution is 2.26. The summed E-state index contributed by atoms with van der Waals surface area (Å²) in [7, 11) is 0. The zero-order chi connectivity index (χ0) is 14.5. The van der Waals surface area contributed by atoms with E-state index in [1.165, 1.54) is 0 Å². The minimum atomic E-state index is -0.914. The fourth-order valence-electron chi connectivity index (χ4n) is 2.38. The van der Waals surface area contributed by atoms with Gasteiger partial charge in [0.05, 0.1) is 24.1 Å². The monoisotopic (exact) mass is 274 g/mol. The number of amides is 1. The van der Waals surface area contributed by atoms with E-state index in [9.17, 15) is 9.59 Å². The van der Waals surface area contributed by atoms with Crippen molar-refractivity contribution in [3.63, 3.8) is 0 Å². The summed E-state index contributed by atoms with van der Waals surface area (Å²) < 4.78 is 0. The average molecular weight is 274 g/mol. The van der Waals surface area contributed by atoms with Gasteiger partial charge in [-0.25, -0.2) is 0 Å². The van der Waals surface area contributed by atoms with Gasteiger partial charge in [0.15, 0.2) is 0 Å². The molecule has 1 aromatic rings. The Labute approximate surface area is 117 Å². The van der Waals surface area contributed by atoms with E-state index in [1.54, 1.807) is 0 Å². The summed E-state index contributed by atoms with van der Waals surface area (Å²) in [6, 6.07) is 5.60. The van der Waals surface area contributed by atoms with E-state index in [-0.39, 0.29) is 5.91 Å². The van der Waals surface area contributed by atoms with Gasteiger partial charge in [0.1, 0.15) is 0 Å². The van der Waals surface area contributed by atoms with Gasteiger partial charge in [-0.3, -0.25) is 14.6 Å². The van der Waals surface area contributed by atoms with Gasteiger partial charge in [-0.2, -0.15) is 0 Å². The largest absolute Gasteiger partial charge is 0.481 e. The van der Waals surface area contributed by atoms with Gasteiger partial charge < -0.3 is 10.4 Å². The number of carboxylic acid groups (broad SMARTS) is 1. The number of carboxylic acids is 1. The van der Waals surface area contributed by atoms with Crippen LogP contribution < -0.4 is 5.32 Å². The summed E-state index contributed by atoms with van der Waals surface area (Å²) in [5.74, 6) is -2.26. The quantitative estimate of drug-likeness (QED) is 0.819. The lowest BCUT2D eigenvalue weighted by Crippen LogP contribution is -2.38. The normalized spacial score (nSPS) is 21.4. The van der Waals surface area contributed by atoms with E-state index in [2.05, 4.69) is 10.3 Å².